The van der Waals surface area contributed by atoms with E-state index in [0.717, 1.165) is 43.4 Å². The van der Waals surface area contributed by atoms with Crippen LogP contribution in [-0.2, 0) is 9.53 Å². The maximum absolute atomic E-state index is 11.6. The second kappa shape index (κ2) is 14.1. The molecule has 0 radical (unpaired) electrons. The fraction of sp³-hybridized carbons (Fsp3) is 0.720. The van der Waals surface area contributed by atoms with E-state index in [4.69, 9.17) is 4.74 Å². The van der Waals surface area contributed by atoms with Crippen molar-refractivity contribution in [1.82, 2.24) is 0 Å². The second-order valence-electron chi connectivity index (χ2n) is 9.04. The van der Waals surface area contributed by atoms with Gasteiger partial charge in [0.25, 0.3) is 0 Å². The number of carbonyl (C=O) groups is 1. The zero-order valence-electron chi connectivity index (χ0n) is 19.0. The highest BCUT2D eigenvalue weighted by molar-refractivity contribution is 7.99. The number of aliphatic hydroxyl groups excluding tert-OH is 3. The largest absolute Gasteiger partial charge is 0.463 e. The Hall–Kier alpha value is -1.08. The molecule has 1 unspecified atom stereocenters. The minimum Gasteiger partial charge on any atom is -0.463 e. The van der Waals surface area contributed by atoms with Gasteiger partial charge in [0.1, 0.15) is 0 Å². The number of unbranched alkanes of at least 4 members (excludes halogenated alkanes) is 3. The van der Waals surface area contributed by atoms with Gasteiger partial charge in [-0.1, -0.05) is 37.5 Å². The van der Waals surface area contributed by atoms with Crippen LogP contribution in [0.1, 0.15) is 71.6 Å². The fourth-order valence-corrected chi connectivity index (χ4v) is 5.38. The molecule has 1 aliphatic rings. The average Bonchev–Trinajstić information content (AvgIpc) is 3.00. The highest BCUT2D eigenvalue weighted by atomic mass is 32.2. The number of hydrogen-bond donors (Lipinski definition) is 3. The average molecular weight is 453 g/mol. The Balaban J connectivity index is 1.65. The first kappa shape index (κ1) is 26.2. The number of thioether (sulfide) groups is 1. The van der Waals surface area contributed by atoms with Crippen LogP contribution in [0.3, 0.4) is 0 Å². The molecule has 1 saturated carbocycles. The molecule has 0 bridgehead atoms. The van der Waals surface area contributed by atoms with E-state index in [2.05, 4.69) is 0 Å². The van der Waals surface area contributed by atoms with Crippen LogP contribution in [0.2, 0.25) is 0 Å². The third-order valence-electron chi connectivity index (χ3n) is 6.08. The van der Waals surface area contributed by atoms with Crippen molar-refractivity contribution in [2.45, 2.75) is 101 Å². The van der Waals surface area contributed by atoms with E-state index >= 15 is 0 Å². The maximum atomic E-state index is 11.6. The lowest BCUT2D eigenvalue weighted by atomic mass is 9.85. The summed E-state index contributed by atoms with van der Waals surface area (Å²) in [6.45, 7) is 3.72. The van der Waals surface area contributed by atoms with Crippen LogP contribution in [-0.4, -0.2) is 51.5 Å². The van der Waals surface area contributed by atoms with E-state index in [1.54, 1.807) is 11.8 Å². The van der Waals surface area contributed by atoms with Gasteiger partial charge >= 0.3 is 5.97 Å². The summed E-state index contributed by atoms with van der Waals surface area (Å²) in [6.07, 6.45) is 5.53. The second-order valence-corrected chi connectivity index (χ2v) is 10.1. The Bertz CT molecular complexity index is 624. The number of benzene rings is 1. The van der Waals surface area contributed by atoms with Crippen LogP contribution in [0.25, 0.3) is 0 Å². The molecule has 31 heavy (non-hydrogen) atoms. The zero-order chi connectivity index (χ0) is 22.6. The van der Waals surface area contributed by atoms with Gasteiger partial charge in [-0.2, -0.15) is 0 Å². The summed E-state index contributed by atoms with van der Waals surface area (Å²) >= 11 is 1.64. The molecule has 5 atom stereocenters. The predicted molar refractivity (Wildman–Crippen MR) is 125 cm³/mol. The SMILES string of the molecule is CC(C)OC(=O)CCCCCC[C@@H]1[C@@H](CCC(O)CSc2ccccc2)[C@H](O)C[C@@H]1O. The monoisotopic (exact) mass is 452 g/mol. The Morgan fingerprint density at radius 1 is 1.03 bits per heavy atom. The summed E-state index contributed by atoms with van der Waals surface area (Å²) in [5.74, 6) is 0.648. The number of hydrogen-bond acceptors (Lipinski definition) is 6. The molecule has 1 fully saturated rings. The number of carbonyl (C=O) groups excluding carboxylic acids is 1. The molecule has 6 heteroatoms. The minimum atomic E-state index is -0.486. The Labute approximate surface area is 191 Å². The van der Waals surface area contributed by atoms with Crippen molar-refractivity contribution in [3.8, 4) is 0 Å². The summed E-state index contributed by atoms with van der Waals surface area (Å²) in [7, 11) is 0. The van der Waals surface area contributed by atoms with Crippen LogP contribution in [0.15, 0.2) is 35.2 Å². The first-order chi connectivity index (χ1) is 14.9. The van der Waals surface area contributed by atoms with Gasteiger partial charge in [-0.05, 0) is 69.9 Å². The van der Waals surface area contributed by atoms with Gasteiger partial charge in [0.2, 0.25) is 0 Å². The van der Waals surface area contributed by atoms with E-state index in [-0.39, 0.29) is 23.9 Å². The molecule has 3 N–H and O–H groups in total. The summed E-state index contributed by atoms with van der Waals surface area (Å²) < 4.78 is 5.14. The molecule has 0 spiro atoms. The highest BCUT2D eigenvalue weighted by Gasteiger charge is 2.40. The lowest BCUT2D eigenvalue weighted by molar-refractivity contribution is -0.147. The summed E-state index contributed by atoms with van der Waals surface area (Å²) in [6, 6.07) is 10.0. The summed E-state index contributed by atoms with van der Waals surface area (Å²) in [5.41, 5.74) is 0. The van der Waals surface area contributed by atoms with Crippen LogP contribution in [0, 0.1) is 11.8 Å². The molecule has 2 rings (SSSR count). The lowest BCUT2D eigenvalue weighted by Gasteiger charge is -2.24. The predicted octanol–water partition coefficient (Wildman–Crippen LogP) is 4.57. The van der Waals surface area contributed by atoms with Gasteiger partial charge in [-0.25, -0.2) is 0 Å². The normalized spacial score (nSPS) is 24.5. The zero-order valence-corrected chi connectivity index (χ0v) is 19.8. The Morgan fingerprint density at radius 2 is 1.68 bits per heavy atom. The number of ether oxygens (including phenoxy) is 1. The lowest BCUT2D eigenvalue weighted by Crippen LogP contribution is -2.24. The fourth-order valence-electron chi connectivity index (χ4n) is 4.48. The molecule has 0 heterocycles. The Morgan fingerprint density at radius 3 is 2.35 bits per heavy atom. The number of rotatable bonds is 14. The smallest absolute Gasteiger partial charge is 0.306 e. The molecule has 0 aromatic heterocycles. The maximum Gasteiger partial charge on any atom is 0.306 e. The van der Waals surface area contributed by atoms with E-state index in [9.17, 15) is 20.1 Å². The number of esters is 1. The molecular formula is C25H40O5S. The van der Waals surface area contributed by atoms with E-state index in [0.29, 0.717) is 25.0 Å². The van der Waals surface area contributed by atoms with Gasteiger partial charge in [0.05, 0.1) is 24.4 Å². The van der Waals surface area contributed by atoms with Crippen molar-refractivity contribution in [2.24, 2.45) is 11.8 Å². The topological polar surface area (TPSA) is 87.0 Å². The van der Waals surface area contributed by atoms with E-state index < -0.39 is 18.3 Å². The molecule has 1 aromatic carbocycles. The third kappa shape index (κ3) is 9.94. The van der Waals surface area contributed by atoms with Gasteiger partial charge in [0.15, 0.2) is 0 Å². The Kier molecular flexibility index (Phi) is 11.9. The molecule has 0 saturated heterocycles. The highest BCUT2D eigenvalue weighted by Crippen LogP contribution is 2.39. The van der Waals surface area contributed by atoms with Crippen molar-refractivity contribution < 1.29 is 24.9 Å². The molecule has 0 aliphatic heterocycles. The number of aliphatic hydroxyl groups is 3. The van der Waals surface area contributed by atoms with E-state index in [1.165, 1.54) is 0 Å². The van der Waals surface area contributed by atoms with Crippen molar-refractivity contribution >= 4 is 17.7 Å². The van der Waals surface area contributed by atoms with Crippen molar-refractivity contribution in [1.29, 1.82) is 0 Å². The first-order valence-electron chi connectivity index (χ1n) is 11.8. The van der Waals surface area contributed by atoms with Crippen LogP contribution in [0.5, 0.6) is 0 Å². The third-order valence-corrected chi connectivity index (χ3v) is 7.23. The molecule has 1 aliphatic carbocycles. The quantitative estimate of drug-likeness (QED) is 0.218. The van der Waals surface area contributed by atoms with Crippen LogP contribution in [0.4, 0.5) is 0 Å². The molecule has 176 valence electrons. The van der Waals surface area contributed by atoms with Crippen molar-refractivity contribution in [3.05, 3.63) is 30.3 Å². The van der Waals surface area contributed by atoms with Gasteiger partial charge in [-0.3, -0.25) is 4.79 Å². The standard InChI is InChI=1S/C25H40O5S/c1-18(2)30-25(29)13-9-4-3-8-12-21-22(24(28)16-23(21)27)15-14-19(26)17-31-20-10-6-5-7-11-20/h5-7,10-11,18-19,21-24,26-28H,3-4,8-9,12-17H2,1-2H3/t19?,21-,22-,23+,24-/m1/s1. The van der Waals surface area contributed by atoms with Gasteiger partial charge in [-0.15, -0.1) is 11.8 Å². The van der Waals surface area contributed by atoms with Crippen molar-refractivity contribution in [2.75, 3.05) is 5.75 Å². The minimum absolute atomic E-state index is 0.0485. The molecule has 1 aromatic rings. The summed E-state index contributed by atoms with van der Waals surface area (Å²) in [4.78, 5) is 12.7. The van der Waals surface area contributed by atoms with E-state index in [1.807, 2.05) is 44.2 Å². The summed E-state index contributed by atoms with van der Waals surface area (Å²) in [5, 5.41) is 31.2. The van der Waals surface area contributed by atoms with Crippen LogP contribution < -0.4 is 0 Å². The molecular weight excluding hydrogens is 412 g/mol. The van der Waals surface area contributed by atoms with Gasteiger partial charge < -0.3 is 20.1 Å². The molecule has 5 nitrogen and oxygen atoms in total. The first-order valence-corrected chi connectivity index (χ1v) is 12.8. The van der Waals surface area contributed by atoms with Crippen molar-refractivity contribution in [3.63, 3.8) is 0 Å². The molecule has 0 amide bonds. The van der Waals surface area contributed by atoms with Crippen LogP contribution >= 0.6 is 11.8 Å². The van der Waals surface area contributed by atoms with Gasteiger partial charge in [0, 0.05) is 17.1 Å².